The predicted octanol–water partition coefficient (Wildman–Crippen LogP) is -1.15. The number of primary amides is 1. The zero-order valence-corrected chi connectivity index (χ0v) is 5.76. The first-order valence-corrected chi connectivity index (χ1v) is 3.17. The lowest BCUT2D eigenvalue weighted by Crippen LogP contribution is -2.23. The van der Waals surface area contributed by atoms with Gasteiger partial charge < -0.3 is 11.1 Å². The maximum atomic E-state index is 10.8. The van der Waals surface area contributed by atoms with E-state index in [-0.39, 0.29) is 23.7 Å². The number of rotatable bonds is 2. The third-order valence-corrected chi connectivity index (χ3v) is 1.74. The van der Waals surface area contributed by atoms with Crippen molar-refractivity contribution in [2.45, 2.75) is 6.42 Å². The van der Waals surface area contributed by atoms with Crippen LogP contribution in [0.5, 0.6) is 0 Å². The lowest BCUT2D eigenvalue weighted by molar-refractivity contribution is -0.125. The average Bonchev–Trinajstić information content (AvgIpc) is 2.64. The fourth-order valence-electron chi connectivity index (χ4n) is 0.985. The third kappa shape index (κ3) is 1.10. The monoisotopic (exact) mass is 142 g/mol. The van der Waals surface area contributed by atoms with Gasteiger partial charge in [0.05, 0.1) is 11.8 Å². The number of carbonyl (C=O) groups is 2. The average molecular weight is 142 g/mol. The van der Waals surface area contributed by atoms with Crippen LogP contribution in [-0.2, 0) is 9.59 Å². The molecule has 0 aromatic carbocycles. The maximum Gasteiger partial charge on any atom is 0.223 e. The van der Waals surface area contributed by atoms with Crippen LogP contribution in [0.25, 0.3) is 0 Å². The van der Waals surface area contributed by atoms with E-state index in [0.29, 0.717) is 6.42 Å². The molecule has 4 nitrogen and oxygen atoms in total. The zero-order chi connectivity index (χ0) is 7.72. The number of carbonyl (C=O) groups excluding carboxylic acids is 2. The second kappa shape index (κ2) is 2.28. The van der Waals surface area contributed by atoms with Crippen molar-refractivity contribution in [1.82, 2.24) is 5.32 Å². The molecule has 4 heteroatoms. The van der Waals surface area contributed by atoms with Crippen LogP contribution < -0.4 is 11.1 Å². The Morgan fingerprint density at radius 3 is 2.40 bits per heavy atom. The third-order valence-electron chi connectivity index (χ3n) is 1.74. The molecule has 2 unspecified atom stereocenters. The molecule has 0 spiro atoms. The second-order valence-electron chi connectivity index (χ2n) is 2.47. The van der Waals surface area contributed by atoms with Crippen molar-refractivity contribution in [1.29, 1.82) is 0 Å². The molecule has 2 atom stereocenters. The van der Waals surface area contributed by atoms with E-state index in [2.05, 4.69) is 5.32 Å². The molecule has 10 heavy (non-hydrogen) atoms. The molecule has 0 aromatic heterocycles. The van der Waals surface area contributed by atoms with Crippen molar-refractivity contribution in [2.75, 3.05) is 7.05 Å². The summed E-state index contributed by atoms with van der Waals surface area (Å²) >= 11 is 0. The standard InChI is InChI=1S/C6H10N2O2/c1-8-6(10)4-2-3(4)5(7)9/h3-4H,2H2,1H3,(H2,7,9)(H,8,10). The molecule has 1 aliphatic rings. The van der Waals surface area contributed by atoms with Gasteiger partial charge in [0.1, 0.15) is 0 Å². The van der Waals surface area contributed by atoms with Gasteiger partial charge in [-0.25, -0.2) is 0 Å². The Balaban J connectivity index is 2.38. The van der Waals surface area contributed by atoms with E-state index in [1.165, 1.54) is 0 Å². The Labute approximate surface area is 58.8 Å². The number of amides is 2. The lowest BCUT2D eigenvalue weighted by atomic mass is 10.3. The van der Waals surface area contributed by atoms with Crippen LogP contribution in [0.3, 0.4) is 0 Å². The highest BCUT2D eigenvalue weighted by Crippen LogP contribution is 2.37. The SMILES string of the molecule is CNC(=O)C1CC1C(N)=O. The van der Waals surface area contributed by atoms with E-state index in [1.807, 2.05) is 0 Å². The Hall–Kier alpha value is -1.06. The smallest absolute Gasteiger partial charge is 0.223 e. The van der Waals surface area contributed by atoms with Gasteiger partial charge >= 0.3 is 0 Å². The molecular weight excluding hydrogens is 132 g/mol. The van der Waals surface area contributed by atoms with Crippen LogP contribution in [0.15, 0.2) is 0 Å². The van der Waals surface area contributed by atoms with Gasteiger partial charge in [0.2, 0.25) is 11.8 Å². The van der Waals surface area contributed by atoms with Crippen LogP contribution in [0, 0.1) is 11.8 Å². The summed E-state index contributed by atoms with van der Waals surface area (Å²) in [6, 6.07) is 0. The normalized spacial score (nSPS) is 29.3. The Kier molecular flexibility index (Phi) is 1.61. The van der Waals surface area contributed by atoms with Gasteiger partial charge in [0.25, 0.3) is 0 Å². The Morgan fingerprint density at radius 2 is 2.10 bits per heavy atom. The summed E-state index contributed by atoms with van der Waals surface area (Å²) in [6.07, 6.45) is 0.620. The number of nitrogens with two attached hydrogens (primary N) is 1. The lowest BCUT2D eigenvalue weighted by Gasteiger charge is -1.93. The van der Waals surface area contributed by atoms with Crippen LogP contribution in [0.4, 0.5) is 0 Å². The molecule has 1 aliphatic carbocycles. The van der Waals surface area contributed by atoms with Crippen LogP contribution >= 0.6 is 0 Å². The van der Waals surface area contributed by atoms with E-state index in [9.17, 15) is 9.59 Å². The van der Waals surface area contributed by atoms with E-state index >= 15 is 0 Å². The first-order chi connectivity index (χ1) is 4.66. The highest BCUT2D eigenvalue weighted by molar-refractivity contribution is 5.91. The predicted molar refractivity (Wildman–Crippen MR) is 34.9 cm³/mol. The van der Waals surface area contributed by atoms with Crippen molar-refractivity contribution < 1.29 is 9.59 Å². The molecule has 0 radical (unpaired) electrons. The van der Waals surface area contributed by atoms with E-state index in [4.69, 9.17) is 5.73 Å². The minimum atomic E-state index is -0.367. The number of hydrogen-bond acceptors (Lipinski definition) is 2. The summed E-state index contributed by atoms with van der Waals surface area (Å²) in [7, 11) is 1.55. The van der Waals surface area contributed by atoms with E-state index < -0.39 is 0 Å². The summed E-state index contributed by atoms with van der Waals surface area (Å²) in [5, 5.41) is 2.47. The van der Waals surface area contributed by atoms with Crippen molar-refractivity contribution in [2.24, 2.45) is 17.6 Å². The van der Waals surface area contributed by atoms with E-state index in [0.717, 1.165) is 0 Å². The van der Waals surface area contributed by atoms with Gasteiger partial charge in [-0.05, 0) is 6.42 Å². The van der Waals surface area contributed by atoms with Crippen LogP contribution in [0.1, 0.15) is 6.42 Å². The molecule has 1 rings (SSSR count). The van der Waals surface area contributed by atoms with Gasteiger partial charge in [0, 0.05) is 7.05 Å². The number of hydrogen-bond donors (Lipinski definition) is 2. The molecule has 0 saturated heterocycles. The van der Waals surface area contributed by atoms with E-state index in [1.54, 1.807) is 7.05 Å². The fourth-order valence-corrected chi connectivity index (χ4v) is 0.985. The quantitative estimate of drug-likeness (QED) is 0.511. The Morgan fingerprint density at radius 1 is 1.50 bits per heavy atom. The van der Waals surface area contributed by atoms with Gasteiger partial charge in [-0.1, -0.05) is 0 Å². The molecule has 56 valence electrons. The molecule has 1 fully saturated rings. The van der Waals surface area contributed by atoms with Crippen LogP contribution in [0.2, 0.25) is 0 Å². The van der Waals surface area contributed by atoms with Gasteiger partial charge in [0.15, 0.2) is 0 Å². The summed E-state index contributed by atoms with van der Waals surface area (Å²) in [5.41, 5.74) is 4.96. The topological polar surface area (TPSA) is 72.2 Å². The highest BCUT2D eigenvalue weighted by atomic mass is 16.2. The largest absolute Gasteiger partial charge is 0.369 e. The zero-order valence-electron chi connectivity index (χ0n) is 5.76. The minimum absolute atomic E-state index is 0.0798. The molecule has 0 aromatic rings. The van der Waals surface area contributed by atoms with Gasteiger partial charge in [-0.15, -0.1) is 0 Å². The first-order valence-electron chi connectivity index (χ1n) is 3.17. The fraction of sp³-hybridized carbons (Fsp3) is 0.667. The van der Waals surface area contributed by atoms with Crippen molar-refractivity contribution in [3.05, 3.63) is 0 Å². The molecule has 1 saturated carbocycles. The summed E-state index contributed by atoms with van der Waals surface area (Å²) in [4.78, 5) is 21.2. The molecule has 3 N–H and O–H groups in total. The molecule has 2 amide bonds. The van der Waals surface area contributed by atoms with Crippen LogP contribution in [-0.4, -0.2) is 18.9 Å². The van der Waals surface area contributed by atoms with Crippen molar-refractivity contribution in [3.8, 4) is 0 Å². The van der Waals surface area contributed by atoms with Crippen molar-refractivity contribution >= 4 is 11.8 Å². The minimum Gasteiger partial charge on any atom is -0.369 e. The summed E-state index contributed by atoms with van der Waals surface area (Å²) < 4.78 is 0. The molecule has 0 heterocycles. The summed E-state index contributed by atoms with van der Waals surface area (Å²) in [5.74, 6) is -0.806. The molecule has 0 bridgehead atoms. The van der Waals surface area contributed by atoms with Gasteiger partial charge in [-0.3, -0.25) is 9.59 Å². The molecular formula is C6H10N2O2. The highest BCUT2D eigenvalue weighted by Gasteiger charge is 2.46. The van der Waals surface area contributed by atoms with Crippen molar-refractivity contribution in [3.63, 3.8) is 0 Å². The molecule has 0 aliphatic heterocycles. The number of nitrogens with one attached hydrogen (secondary N) is 1. The Bertz CT molecular complexity index is 179. The summed E-state index contributed by atoms with van der Waals surface area (Å²) in [6.45, 7) is 0. The maximum absolute atomic E-state index is 10.8. The van der Waals surface area contributed by atoms with Gasteiger partial charge in [-0.2, -0.15) is 0 Å². The first kappa shape index (κ1) is 7.05. The second-order valence-corrected chi connectivity index (χ2v) is 2.47.